The summed E-state index contributed by atoms with van der Waals surface area (Å²) >= 11 is 0. The highest BCUT2D eigenvalue weighted by Crippen LogP contribution is 1.92. The van der Waals surface area contributed by atoms with Gasteiger partial charge in [0.2, 0.25) is 11.8 Å². The van der Waals surface area contributed by atoms with Crippen LogP contribution in [-0.2, 0) is 16.1 Å². The quantitative estimate of drug-likeness (QED) is 0.552. The Morgan fingerprint density at radius 2 is 2.11 bits per heavy atom. The van der Waals surface area contributed by atoms with Gasteiger partial charge in [-0.25, -0.2) is 9.48 Å². The summed E-state index contributed by atoms with van der Waals surface area (Å²) in [6.45, 7) is 0.0625. The van der Waals surface area contributed by atoms with E-state index in [0.29, 0.717) is 0 Å². The second kappa shape index (κ2) is 6.33. The van der Waals surface area contributed by atoms with Crippen molar-refractivity contribution in [3.63, 3.8) is 0 Å². The van der Waals surface area contributed by atoms with E-state index < -0.39 is 5.97 Å². The summed E-state index contributed by atoms with van der Waals surface area (Å²) < 4.78 is 1.11. The molecule has 98 valence electrons. The summed E-state index contributed by atoms with van der Waals surface area (Å²) in [5, 5.41) is 20.4. The Balaban J connectivity index is 2.35. The number of amides is 2. The summed E-state index contributed by atoms with van der Waals surface area (Å²) in [4.78, 5) is 32.8. The monoisotopic (exact) mass is 255 g/mol. The summed E-state index contributed by atoms with van der Waals surface area (Å²) in [5.74, 6) is -1.76. The lowest BCUT2D eigenvalue weighted by molar-refractivity contribution is -0.122. The molecule has 0 unspecified atom stereocenters. The van der Waals surface area contributed by atoms with E-state index in [-0.39, 0.29) is 37.0 Å². The fourth-order valence-corrected chi connectivity index (χ4v) is 1.12. The zero-order chi connectivity index (χ0) is 13.5. The number of hydrogen-bond acceptors (Lipinski definition) is 5. The van der Waals surface area contributed by atoms with Crippen LogP contribution in [0, 0.1) is 0 Å². The van der Waals surface area contributed by atoms with Gasteiger partial charge in [0.15, 0.2) is 5.69 Å². The molecule has 0 spiro atoms. The molecule has 9 heteroatoms. The Bertz CT molecular complexity index is 456. The second-order valence-electron chi connectivity index (χ2n) is 3.38. The first-order valence-electron chi connectivity index (χ1n) is 5.13. The fourth-order valence-electron chi connectivity index (χ4n) is 1.12. The highest BCUT2D eigenvalue weighted by Gasteiger charge is 2.10. The third kappa shape index (κ3) is 4.20. The van der Waals surface area contributed by atoms with E-state index in [0.717, 1.165) is 10.9 Å². The molecule has 3 N–H and O–H groups in total. The predicted molar refractivity (Wildman–Crippen MR) is 58.7 cm³/mol. The van der Waals surface area contributed by atoms with Crippen LogP contribution < -0.4 is 10.6 Å². The molecule has 9 nitrogen and oxygen atoms in total. The normalized spacial score (nSPS) is 9.83. The smallest absolute Gasteiger partial charge is 0.358 e. The van der Waals surface area contributed by atoms with Crippen LogP contribution in [0.5, 0.6) is 0 Å². The van der Waals surface area contributed by atoms with Gasteiger partial charge < -0.3 is 15.7 Å². The third-order valence-electron chi connectivity index (χ3n) is 2.02. The third-order valence-corrected chi connectivity index (χ3v) is 2.02. The van der Waals surface area contributed by atoms with Crippen molar-refractivity contribution >= 4 is 17.8 Å². The largest absolute Gasteiger partial charge is 0.476 e. The van der Waals surface area contributed by atoms with Crippen molar-refractivity contribution in [1.82, 2.24) is 25.6 Å². The SMILES string of the molecule is CNC(=O)CCNC(=O)Cn1cc(C(=O)O)nn1. The van der Waals surface area contributed by atoms with Gasteiger partial charge in [-0.05, 0) is 0 Å². The molecule has 0 bridgehead atoms. The molecule has 0 saturated heterocycles. The van der Waals surface area contributed by atoms with Crippen LogP contribution in [0.15, 0.2) is 6.20 Å². The lowest BCUT2D eigenvalue weighted by Gasteiger charge is -2.03. The van der Waals surface area contributed by atoms with E-state index in [1.807, 2.05) is 0 Å². The maximum atomic E-state index is 11.4. The van der Waals surface area contributed by atoms with Crippen molar-refractivity contribution in [2.45, 2.75) is 13.0 Å². The number of carboxylic acids is 1. The molecule has 0 atom stereocenters. The average Bonchev–Trinajstić information content (AvgIpc) is 2.77. The lowest BCUT2D eigenvalue weighted by Crippen LogP contribution is -2.31. The first-order valence-corrected chi connectivity index (χ1v) is 5.13. The van der Waals surface area contributed by atoms with E-state index >= 15 is 0 Å². The molecule has 0 radical (unpaired) electrons. The Kier molecular flexibility index (Phi) is 4.78. The molecule has 0 saturated carbocycles. The Hall–Kier alpha value is -2.45. The van der Waals surface area contributed by atoms with E-state index in [1.165, 1.54) is 7.05 Å². The van der Waals surface area contributed by atoms with Gasteiger partial charge in [0.1, 0.15) is 6.54 Å². The van der Waals surface area contributed by atoms with Crippen molar-refractivity contribution in [1.29, 1.82) is 0 Å². The predicted octanol–water partition coefficient (Wildman–Crippen LogP) is -1.77. The second-order valence-corrected chi connectivity index (χ2v) is 3.38. The van der Waals surface area contributed by atoms with Gasteiger partial charge in [-0.1, -0.05) is 5.21 Å². The first kappa shape index (κ1) is 13.6. The summed E-state index contributed by atoms with van der Waals surface area (Å²) in [6.07, 6.45) is 1.33. The van der Waals surface area contributed by atoms with Gasteiger partial charge in [-0.15, -0.1) is 5.10 Å². The number of carbonyl (C=O) groups is 3. The van der Waals surface area contributed by atoms with Gasteiger partial charge in [0, 0.05) is 20.0 Å². The van der Waals surface area contributed by atoms with Crippen molar-refractivity contribution in [2.24, 2.45) is 0 Å². The van der Waals surface area contributed by atoms with Crippen LogP contribution >= 0.6 is 0 Å². The molecule has 18 heavy (non-hydrogen) atoms. The maximum Gasteiger partial charge on any atom is 0.358 e. The van der Waals surface area contributed by atoms with Crippen LogP contribution in [0.4, 0.5) is 0 Å². The van der Waals surface area contributed by atoms with Gasteiger partial charge in [0.05, 0.1) is 6.20 Å². The van der Waals surface area contributed by atoms with E-state index in [1.54, 1.807) is 0 Å². The summed E-state index contributed by atoms with van der Waals surface area (Å²) in [6, 6.07) is 0. The Labute approximate surface area is 102 Å². The molecule has 1 aromatic heterocycles. The number of carboxylic acid groups (broad SMARTS) is 1. The Morgan fingerprint density at radius 3 is 2.67 bits per heavy atom. The molecule has 1 rings (SSSR count). The number of rotatable bonds is 6. The molecule has 0 aliphatic carbocycles. The molecule has 2 amide bonds. The topological polar surface area (TPSA) is 126 Å². The maximum absolute atomic E-state index is 11.4. The minimum atomic E-state index is -1.21. The van der Waals surface area contributed by atoms with Crippen LogP contribution in [-0.4, -0.2) is 51.5 Å². The van der Waals surface area contributed by atoms with Crippen molar-refractivity contribution in [3.8, 4) is 0 Å². The van der Waals surface area contributed by atoms with Crippen molar-refractivity contribution < 1.29 is 19.5 Å². The molecular formula is C9H13N5O4. The van der Waals surface area contributed by atoms with Crippen LogP contribution in [0.1, 0.15) is 16.9 Å². The summed E-state index contributed by atoms with van der Waals surface area (Å²) in [5.41, 5.74) is -0.229. The van der Waals surface area contributed by atoms with Crippen LogP contribution in [0.2, 0.25) is 0 Å². The van der Waals surface area contributed by atoms with Gasteiger partial charge in [-0.2, -0.15) is 0 Å². The highest BCUT2D eigenvalue weighted by molar-refractivity contribution is 5.84. The Morgan fingerprint density at radius 1 is 1.39 bits per heavy atom. The van der Waals surface area contributed by atoms with Crippen molar-refractivity contribution in [3.05, 3.63) is 11.9 Å². The number of nitrogens with zero attached hydrogens (tertiary/aromatic N) is 3. The highest BCUT2D eigenvalue weighted by atomic mass is 16.4. The zero-order valence-electron chi connectivity index (χ0n) is 9.71. The lowest BCUT2D eigenvalue weighted by atomic mass is 10.4. The molecule has 0 aliphatic heterocycles. The molecule has 1 aromatic rings. The fraction of sp³-hybridized carbons (Fsp3) is 0.444. The van der Waals surface area contributed by atoms with Gasteiger partial charge >= 0.3 is 5.97 Å². The van der Waals surface area contributed by atoms with E-state index in [9.17, 15) is 14.4 Å². The summed E-state index contributed by atoms with van der Waals surface area (Å²) in [7, 11) is 1.51. The molecule has 0 fully saturated rings. The van der Waals surface area contributed by atoms with Crippen LogP contribution in [0.3, 0.4) is 0 Å². The van der Waals surface area contributed by atoms with E-state index in [4.69, 9.17) is 5.11 Å². The number of carbonyl (C=O) groups excluding carboxylic acids is 2. The molecule has 0 aromatic carbocycles. The van der Waals surface area contributed by atoms with Crippen LogP contribution in [0.25, 0.3) is 0 Å². The number of hydrogen-bond donors (Lipinski definition) is 3. The van der Waals surface area contributed by atoms with E-state index in [2.05, 4.69) is 20.9 Å². The number of aromatic carboxylic acids is 1. The zero-order valence-corrected chi connectivity index (χ0v) is 9.71. The minimum absolute atomic E-state index is 0.145. The van der Waals surface area contributed by atoms with Gasteiger partial charge in [-0.3, -0.25) is 9.59 Å². The molecular weight excluding hydrogens is 242 g/mol. The average molecular weight is 255 g/mol. The van der Waals surface area contributed by atoms with Gasteiger partial charge in [0.25, 0.3) is 0 Å². The standard InChI is InChI=1S/C9H13N5O4/c1-10-7(15)2-3-11-8(16)5-14-4-6(9(17)18)12-13-14/h4H,2-3,5H2,1H3,(H,10,15)(H,11,16)(H,17,18). The number of nitrogens with one attached hydrogen (secondary N) is 2. The molecule has 0 aliphatic rings. The molecule has 1 heterocycles. The minimum Gasteiger partial charge on any atom is -0.476 e. The van der Waals surface area contributed by atoms with Crippen molar-refractivity contribution in [2.75, 3.05) is 13.6 Å². The number of aromatic nitrogens is 3. The first-order chi connectivity index (χ1) is 8.52.